The summed E-state index contributed by atoms with van der Waals surface area (Å²) in [7, 11) is -4.14. The molecule has 0 aliphatic carbocycles. The van der Waals surface area contributed by atoms with Gasteiger partial charge in [0.2, 0.25) is 0 Å². The molecule has 6 heteroatoms. The highest BCUT2D eigenvalue weighted by Gasteiger charge is 2.24. The molecule has 0 spiro atoms. The zero-order valence-electron chi connectivity index (χ0n) is 9.92. The Morgan fingerprint density at radius 1 is 0.842 bits per heavy atom. The smallest absolute Gasteiger partial charge is 0.395 e. The molecule has 5 nitrogen and oxygen atoms in total. The number of para-hydroxylation sites is 2. The molecule has 0 unspecified atom stereocenters. The number of hydrogen-bond acceptors (Lipinski definition) is 4. The molecular formula is C13H12NO4P. The second-order valence-electron chi connectivity index (χ2n) is 3.28. The molecule has 0 fully saturated rings. The molecule has 0 atom stereocenters. The summed E-state index contributed by atoms with van der Waals surface area (Å²) in [6.07, 6.45) is 0. The van der Waals surface area contributed by atoms with E-state index >= 15 is 0 Å². The molecule has 0 radical (unpaired) electrons. The van der Waals surface area contributed by atoms with Gasteiger partial charge in [-0.05, 0) is 24.3 Å². The van der Waals surface area contributed by atoms with Gasteiger partial charge in [-0.3, -0.25) is 4.89 Å². The topological polar surface area (TPSA) is 79.6 Å². The van der Waals surface area contributed by atoms with Gasteiger partial charge < -0.3 is 9.05 Å². The van der Waals surface area contributed by atoms with Crippen LogP contribution in [0.1, 0.15) is 0 Å². The first kappa shape index (κ1) is 14.8. The van der Waals surface area contributed by atoms with Crippen molar-refractivity contribution >= 4 is 7.82 Å². The van der Waals surface area contributed by atoms with Crippen LogP contribution in [0, 0.1) is 11.8 Å². The summed E-state index contributed by atoms with van der Waals surface area (Å²) < 4.78 is 21.5. The molecule has 0 heterocycles. The number of nitriles is 1. The monoisotopic (exact) mass is 277 g/mol. The van der Waals surface area contributed by atoms with Crippen molar-refractivity contribution in [1.82, 2.24) is 0 Å². The predicted molar refractivity (Wildman–Crippen MR) is 70.6 cm³/mol. The lowest BCUT2D eigenvalue weighted by Crippen LogP contribution is -1.99. The molecule has 0 aliphatic rings. The van der Waals surface area contributed by atoms with Crippen molar-refractivity contribution in [1.29, 1.82) is 5.26 Å². The van der Waals surface area contributed by atoms with E-state index in [1.54, 1.807) is 60.7 Å². The van der Waals surface area contributed by atoms with E-state index in [0.717, 1.165) is 0 Å². The molecule has 2 rings (SSSR count). The maximum absolute atomic E-state index is 11.7. The molecule has 98 valence electrons. The van der Waals surface area contributed by atoms with Crippen LogP contribution in [0.15, 0.2) is 60.7 Å². The van der Waals surface area contributed by atoms with Crippen LogP contribution in [0.5, 0.6) is 11.5 Å². The molecule has 0 bridgehead atoms. The fraction of sp³-hybridized carbons (Fsp3) is 0. The van der Waals surface area contributed by atoms with Gasteiger partial charge in [-0.1, -0.05) is 36.4 Å². The SMILES string of the molecule is C#N.O=P(O)(Oc1ccccc1)Oc1ccccc1. The van der Waals surface area contributed by atoms with Gasteiger partial charge in [-0.15, -0.1) is 0 Å². The van der Waals surface area contributed by atoms with Crippen molar-refractivity contribution in [3.05, 3.63) is 60.7 Å². The van der Waals surface area contributed by atoms with Crippen LogP contribution < -0.4 is 9.05 Å². The van der Waals surface area contributed by atoms with Crippen molar-refractivity contribution in [2.75, 3.05) is 0 Å². The Morgan fingerprint density at radius 2 is 1.16 bits per heavy atom. The van der Waals surface area contributed by atoms with Crippen LogP contribution in [0.2, 0.25) is 0 Å². The van der Waals surface area contributed by atoms with E-state index in [0.29, 0.717) is 0 Å². The van der Waals surface area contributed by atoms with Crippen molar-refractivity contribution in [2.24, 2.45) is 0 Å². The maximum Gasteiger partial charge on any atom is 0.584 e. The lowest BCUT2D eigenvalue weighted by Gasteiger charge is -2.13. The van der Waals surface area contributed by atoms with Crippen LogP contribution in [0.4, 0.5) is 0 Å². The minimum absolute atomic E-state index is 0.286. The Kier molecular flexibility index (Phi) is 5.62. The molecular weight excluding hydrogens is 265 g/mol. The molecule has 0 aliphatic heterocycles. The van der Waals surface area contributed by atoms with Crippen LogP contribution >= 0.6 is 7.82 Å². The zero-order chi connectivity index (χ0) is 14.1. The normalized spacial score (nSPS) is 9.84. The number of phosphoric ester groups is 1. The Bertz CT molecular complexity index is 511. The van der Waals surface area contributed by atoms with Gasteiger partial charge in [0.15, 0.2) is 0 Å². The van der Waals surface area contributed by atoms with Crippen LogP contribution in [0.3, 0.4) is 0 Å². The van der Waals surface area contributed by atoms with E-state index in [2.05, 4.69) is 6.57 Å². The average Bonchev–Trinajstić information content (AvgIpc) is 2.42. The van der Waals surface area contributed by atoms with Crippen molar-refractivity contribution < 1.29 is 18.5 Å². The van der Waals surface area contributed by atoms with Gasteiger partial charge in [0, 0.05) is 6.57 Å². The molecule has 19 heavy (non-hydrogen) atoms. The summed E-state index contributed by atoms with van der Waals surface area (Å²) in [5.74, 6) is 0.573. The standard InChI is InChI=1S/C12H11O4P.CHN/c13-17(14,15-11-7-3-1-4-8-11)16-12-9-5-2-6-10-12;1-2/h1-10H,(H,13,14);1H. The summed E-state index contributed by atoms with van der Waals surface area (Å²) in [4.78, 5) is 9.53. The summed E-state index contributed by atoms with van der Waals surface area (Å²) in [6.45, 7) is 3.50. The Hall–Kier alpha value is -2.28. The first-order valence-electron chi connectivity index (χ1n) is 5.24. The maximum atomic E-state index is 11.7. The minimum Gasteiger partial charge on any atom is -0.395 e. The van der Waals surface area contributed by atoms with Crippen molar-refractivity contribution in [3.63, 3.8) is 0 Å². The quantitative estimate of drug-likeness (QED) is 0.866. The summed E-state index contributed by atoms with van der Waals surface area (Å²) in [5.41, 5.74) is 0. The van der Waals surface area contributed by atoms with E-state index in [1.807, 2.05) is 0 Å². The van der Waals surface area contributed by atoms with Crippen molar-refractivity contribution in [2.45, 2.75) is 0 Å². The van der Waals surface area contributed by atoms with Gasteiger partial charge in [0.25, 0.3) is 0 Å². The number of nitrogens with zero attached hydrogens (tertiary/aromatic N) is 1. The average molecular weight is 277 g/mol. The molecule has 0 aromatic heterocycles. The van der Waals surface area contributed by atoms with E-state index in [1.165, 1.54) is 0 Å². The van der Waals surface area contributed by atoms with Gasteiger partial charge in [0.1, 0.15) is 11.5 Å². The third-order valence-electron chi connectivity index (χ3n) is 1.93. The lowest BCUT2D eigenvalue weighted by atomic mass is 10.3. The fourth-order valence-corrected chi connectivity index (χ4v) is 2.06. The van der Waals surface area contributed by atoms with Gasteiger partial charge >= 0.3 is 7.82 Å². The summed E-state index contributed by atoms with van der Waals surface area (Å²) in [5, 5.41) is 6.50. The number of hydrogen-bond donors (Lipinski definition) is 1. The van der Waals surface area contributed by atoms with E-state index in [9.17, 15) is 9.46 Å². The van der Waals surface area contributed by atoms with Crippen molar-refractivity contribution in [3.8, 4) is 18.1 Å². The predicted octanol–water partition coefficient (Wildman–Crippen LogP) is 3.38. The highest BCUT2D eigenvalue weighted by molar-refractivity contribution is 7.48. The number of benzene rings is 2. The van der Waals surface area contributed by atoms with Gasteiger partial charge in [0.05, 0.1) is 0 Å². The first-order chi connectivity index (χ1) is 9.16. The van der Waals surface area contributed by atoms with E-state index < -0.39 is 7.82 Å². The Balaban J connectivity index is 0.000000861. The van der Waals surface area contributed by atoms with Crippen LogP contribution in [-0.4, -0.2) is 4.89 Å². The molecule has 2 aromatic rings. The lowest BCUT2D eigenvalue weighted by molar-refractivity contribution is 0.291. The summed E-state index contributed by atoms with van der Waals surface area (Å²) >= 11 is 0. The van der Waals surface area contributed by atoms with Gasteiger partial charge in [-0.2, -0.15) is 0 Å². The molecule has 2 aromatic carbocycles. The molecule has 1 N–H and O–H groups in total. The summed E-state index contributed by atoms with van der Waals surface area (Å²) in [6, 6.07) is 16.7. The first-order valence-corrected chi connectivity index (χ1v) is 6.73. The number of rotatable bonds is 4. The second kappa shape index (κ2) is 7.22. The molecule has 0 amide bonds. The Morgan fingerprint density at radius 3 is 1.47 bits per heavy atom. The largest absolute Gasteiger partial charge is 0.584 e. The fourth-order valence-electron chi connectivity index (χ4n) is 1.25. The Labute approximate surface area is 111 Å². The van der Waals surface area contributed by atoms with Gasteiger partial charge in [-0.25, -0.2) is 9.83 Å². The molecule has 0 saturated heterocycles. The minimum atomic E-state index is -4.14. The molecule has 0 saturated carbocycles. The third kappa shape index (κ3) is 5.26. The van der Waals surface area contributed by atoms with Crippen LogP contribution in [0.25, 0.3) is 0 Å². The zero-order valence-corrected chi connectivity index (χ0v) is 10.8. The van der Waals surface area contributed by atoms with E-state index in [-0.39, 0.29) is 11.5 Å². The highest BCUT2D eigenvalue weighted by atomic mass is 31.2. The van der Waals surface area contributed by atoms with E-state index in [4.69, 9.17) is 14.3 Å². The highest BCUT2D eigenvalue weighted by Crippen LogP contribution is 2.43. The third-order valence-corrected chi connectivity index (χ3v) is 2.81. The van der Waals surface area contributed by atoms with Crippen LogP contribution in [-0.2, 0) is 4.57 Å². The second-order valence-corrected chi connectivity index (χ2v) is 4.58. The number of phosphoric acid groups is 1.